The SMILES string of the molecule is CCOC(=O)/C(F)=C/[C@H](C[C@@H]1CCNC1=O)NC(=O)[C@H]1[C@@H]2CC[C@@H](CC2(F)F)N1C(=O)[C@H](N)CC1CCC1. The van der Waals surface area contributed by atoms with Crippen LogP contribution < -0.4 is 16.4 Å². The van der Waals surface area contributed by atoms with Gasteiger partial charge in [0, 0.05) is 24.9 Å². The zero-order valence-corrected chi connectivity index (χ0v) is 21.6. The van der Waals surface area contributed by atoms with Gasteiger partial charge >= 0.3 is 5.97 Å². The predicted octanol–water partition coefficient (Wildman–Crippen LogP) is 1.95. The second-order valence-corrected chi connectivity index (χ2v) is 11.0. The summed E-state index contributed by atoms with van der Waals surface area (Å²) in [5.41, 5.74) is 6.21. The number of nitrogens with one attached hydrogen (secondary N) is 2. The molecule has 3 aliphatic heterocycles. The third-order valence-electron chi connectivity index (χ3n) is 8.43. The van der Waals surface area contributed by atoms with E-state index < -0.39 is 72.0 Å². The fraction of sp³-hybridized carbons (Fsp3) is 0.769. The molecule has 212 valence electrons. The van der Waals surface area contributed by atoms with Crippen LogP contribution in [-0.2, 0) is 23.9 Å². The smallest absolute Gasteiger partial charge is 0.366 e. The third kappa shape index (κ3) is 6.00. The number of nitrogens with zero attached hydrogens (tertiary/aromatic N) is 1. The molecule has 9 nitrogen and oxygen atoms in total. The summed E-state index contributed by atoms with van der Waals surface area (Å²) in [5, 5.41) is 5.22. The Balaban J connectivity index is 1.57. The first-order valence-electron chi connectivity index (χ1n) is 13.6. The molecule has 3 saturated heterocycles. The summed E-state index contributed by atoms with van der Waals surface area (Å²) in [6.07, 6.45) is 4.52. The van der Waals surface area contributed by atoms with Gasteiger partial charge in [0.05, 0.1) is 24.6 Å². The molecule has 2 saturated carbocycles. The average molecular weight is 543 g/mol. The van der Waals surface area contributed by atoms with Gasteiger partial charge in [-0.15, -0.1) is 0 Å². The van der Waals surface area contributed by atoms with Crippen LogP contribution in [0.1, 0.15) is 64.7 Å². The van der Waals surface area contributed by atoms with Crippen molar-refractivity contribution in [3.63, 3.8) is 0 Å². The minimum atomic E-state index is -3.16. The summed E-state index contributed by atoms with van der Waals surface area (Å²) >= 11 is 0. The Morgan fingerprint density at radius 3 is 2.53 bits per heavy atom. The first kappa shape index (κ1) is 28.4. The van der Waals surface area contributed by atoms with Crippen LogP contribution in [0.4, 0.5) is 13.2 Å². The van der Waals surface area contributed by atoms with Gasteiger partial charge in [-0.05, 0) is 51.0 Å². The molecule has 5 fully saturated rings. The van der Waals surface area contributed by atoms with Gasteiger partial charge in [-0.3, -0.25) is 14.4 Å². The first-order valence-corrected chi connectivity index (χ1v) is 13.6. The maximum atomic E-state index is 15.0. The number of halogens is 3. The fourth-order valence-corrected chi connectivity index (χ4v) is 6.26. The van der Waals surface area contributed by atoms with Gasteiger partial charge in [-0.25, -0.2) is 13.6 Å². The van der Waals surface area contributed by atoms with E-state index in [-0.39, 0.29) is 25.4 Å². The van der Waals surface area contributed by atoms with Crippen LogP contribution in [0.3, 0.4) is 0 Å². The standard InChI is InChI=1S/C26H37F3N4O5/c1-2-38-25(37)19(27)12-16(11-15-8-9-31-22(15)34)32-23(35)21-18-7-6-17(13-26(18,28)29)33(21)24(36)20(30)10-14-4-3-5-14/h12,14-18,20-21H,2-11,13,30H2,1H3,(H,31,34)(H,32,35)/b19-12-/t15-,16-,17-,18-,20+,21+/m0/s1. The van der Waals surface area contributed by atoms with Crippen LogP contribution in [0.5, 0.6) is 0 Å². The van der Waals surface area contributed by atoms with Crippen molar-refractivity contribution in [2.75, 3.05) is 13.2 Å². The van der Waals surface area contributed by atoms with E-state index in [1.54, 1.807) is 0 Å². The molecular weight excluding hydrogens is 505 g/mol. The first-order chi connectivity index (χ1) is 18.0. The van der Waals surface area contributed by atoms with Gasteiger partial charge < -0.3 is 26.0 Å². The maximum Gasteiger partial charge on any atom is 0.366 e. The molecule has 5 aliphatic rings. The van der Waals surface area contributed by atoms with E-state index >= 15 is 8.78 Å². The van der Waals surface area contributed by atoms with Gasteiger partial charge in [-0.1, -0.05) is 19.3 Å². The van der Waals surface area contributed by atoms with Crippen molar-refractivity contribution >= 4 is 23.7 Å². The van der Waals surface area contributed by atoms with Crippen molar-refractivity contribution in [1.82, 2.24) is 15.5 Å². The van der Waals surface area contributed by atoms with Crippen molar-refractivity contribution in [2.45, 2.75) is 94.8 Å². The Hall–Kier alpha value is -2.63. The molecule has 12 heteroatoms. The molecule has 6 atom stereocenters. The predicted molar refractivity (Wildman–Crippen MR) is 130 cm³/mol. The Bertz CT molecular complexity index is 973. The average Bonchev–Trinajstić information content (AvgIpc) is 3.23. The second kappa shape index (κ2) is 11.6. The number of rotatable bonds is 10. The van der Waals surface area contributed by atoms with Crippen LogP contribution in [-0.4, -0.2) is 71.8 Å². The number of nitrogens with two attached hydrogens (primary N) is 1. The summed E-state index contributed by atoms with van der Waals surface area (Å²) in [5.74, 6) is -9.01. The molecule has 3 amide bonds. The Morgan fingerprint density at radius 2 is 1.95 bits per heavy atom. The Labute approximate surface area is 220 Å². The monoisotopic (exact) mass is 542 g/mol. The molecule has 0 radical (unpaired) electrons. The van der Waals surface area contributed by atoms with E-state index in [1.807, 2.05) is 0 Å². The van der Waals surface area contributed by atoms with Crippen LogP contribution in [0.2, 0.25) is 0 Å². The highest BCUT2D eigenvalue weighted by molar-refractivity contribution is 5.91. The van der Waals surface area contributed by atoms with Crippen molar-refractivity contribution in [1.29, 1.82) is 0 Å². The van der Waals surface area contributed by atoms with Crippen molar-refractivity contribution in [2.24, 2.45) is 23.5 Å². The molecule has 3 heterocycles. The third-order valence-corrected chi connectivity index (χ3v) is 8.43. The van der Waals surface area contributed by atoms with Crippen LogP contribution in [0, 0.1) is 17.8 Å². The largest absolute Gasteiger partial charge is 0.461 e. The summed E-state index contributed by atoms with van der Waals surface area (Å²) in [7, 11) is 0. The van der Waals surface area contributed by atoms with Gasteiger partial charge in [0.25, 0.3) is 5.92 Å². The van der Waals surface area contributed by atoms with E-state index in [1.165, 1.54) is 11.8 Å². The lowest BCUT2D eigenvalue weighted by Gasteiger charge is -2.54. The van der Waals surface area contributed by atoms with Crippen molar-refractivity contribution in [3.8, 4) is 0 Å². The highest BCUT2D eigenvalue weighted by Crippen LogP contribution is 2.49. The molecule has 0 unspecified atom stereocenters. The number of hydrogen-bond donors (Lipinski definition) is 3. The number of fused-ring (bicyclic) bond motifs is 3. The van der Waals surface area contributed by atoms with E-state index in [9.17, 15) is 23.6 Å². The highest BCUT2D eigenvalue weighted by Gasteiger charge is 2.61. The minimum absolute atomic E-state index is 0.0449. The molecule has 0 aromatic heterocycles. The molecule has 0 aromatic carbocycles. The lowest BCUT2D eigenvalue weighted by Crippen LogP contribution is -2.70. The fourth-order valence-electron chi connectivity index (χ4n) is 6.26. The Morgan fingerprint density at radius 1 is 1.21 bits per heavy atom. The van der Waals surface area contributed by atoms with Gasteiger partial charge in [-0.2, -0.15) is 4.39 Å². The molecule has 0 spiro atoms. The number of piperidine rings is 2. The van der Waals surface area contributed by atoms with E-state index in [0.717, 1.165) is 25.3 Å². The molecule has 38 heavy (non-hydrogen) atoms. The number of ether oxygens (including phenoxy) is 1. The van der Waals surface area contributed by atoms with Crippen molar-refractivity contribution in [3.05, 3.63) is 11.9 Å². The molecule has 2 aliphatic carbocycles. The zero-order valence-electron chi connectivity index (χ0n) is 21.6. The second-order valence-electron chi connectivity index (χ2n) is 11.0. The zero-order chi connectivity index (χ0) is 27.6. The van der Waals surface area contributed by atoms with Gasteiger partial charge in [0.15, 0.2) is 0 Å². The number of carbonyl (C=O) groups is 4. The van der Waals surface area contributed by atoms with Crippen LogP contribution in [0.25, 0.3) is 0 Å². The highest BCUT2D eigenvalue weighted by atomic mass is 19.3. The van der Waals surface area contributed by atoms with Crippen LogP contribution in [0.15, 0.2) is 11.9 Å². The van der Waals surface area contributed by atoms with Crippen LogP contribution >= 0.6 is 0 Å². The maximum absolute atomic E-state index is 15.0. The number of carbonyl (C=O) groups excluding carboxylic acids is 4. The number of alkyl halides is 2. The normalized spacial score (nSPS) is 30.3. The van der Waals surface area contributed by atoms with E-state index in [0.29, 0.717) is 31.7 Å². The van der Waals surface area contributed by atoms with Crippen molar-refractivity contribution < 1.29 is 37.1 Å². The lowest BCUT2D eigenvalue weighted by molar-refractivity contribution is -0.195. The summed E-state index contributed by atoms with van der Waals surface area (Å²) in [6, 6.07) is -4.38. The van der Waals surface area contributed by atoms with E-state index in [2.05, 4.69) is 15.4 Å². The molecule has 0 aromatic rings. The topological polar surface area (TPSA) is 131 Å². The molecular formula is C26H37F3N4O5. The summed E-state index contributed by atoms with van der Waals surface area (Å²) < 4.78 is 49.2. The lowest BCUT2D eigenvalue weighted by atomic mass is 9.71. The summed E-state index contributed by atoms with van der Waals surface area (Å²) in [4.78, 5) is 52.3. The minimum Gasteiger partial charge on any atom is -0.461 e. The Kier molecular flexibility index (Phi) is 8.68. The number of amides is 3. The number of hydrogen-bond acceptors (Lipinski definition) is 6. The molecule has 5 rings (SSSR count). The van der Waals surface area contributed by atoms with E-state index in [4.69, 9.17) is 5.73 Å². The molecule has 4 N–H and O–H groups in total. The summed E-state index contributed by atoms with van der Waals surface area (Å²) in [6.45, 7) is 1.85. The molecule has 2 bridgehead atoms. The van der Waals surface area contributed by atoms with Gasteiger partial charge in [0.1, 0.15) is 6.04 Å². The van der Waals surface area contributed by atoms with Gasteiger partial charge in [0.2, 0.25) is 23.5 Å². The number of esters is 1. The quantitative estimate of drug-likeness (QED) is 0.286.